The summed E-state index contributed by atoms with van der Waals surface area (Å²) in [6, 6.07) is 9.56. The summed E-state index contributed by atoms with van der Waals surface area (Å²) < 4.78 is 5.56. The van der Waals surface area contributed by atoms with Crippen LogP contribution in [0.1, 0.15) is 12.6 Å². The largest absolute Gasteiger partial charge is 0.377 e. The number of nitrogens with one attached hydrogen (secondary N) is 1. The molecule has 2 amide bonds. The van der Waals surface area contributed by atoms with E-state index in [-0.39, 0.29) is 12.1 Å². The first-order valence-electron chi connectivity index (χ1n) is 9.70. The summed E-state index contributed by atoms with van der Waals surface area (Å²) in [5, 5.41) is 2.83. The predicted octanol–water partition coefficient (Wildman–Crippen LogP) is 3.57. The Kier molecular flexibility index (Phi) is 7.49. The highest BCUT2D eigenvalue weighted by Crippen LogP contribution is 2.26. The van der Waals surface area contributed by atoms with Crippen LogP contribution in [0.2, 0.25) is 0 Å². The second kappa shape index (κ2) is 10.3. The Morgan fingerprint density at radius 3 is 2.80 bits per heavy atom. The summed E-state index contributed by atoms with van der Waals surface area (Å²) >= 11 is 1.54. The Labute approximate surface area is 181 Å². The molecule has 158 valence electrons. The summed E-state index contributed by atoms with van der Waals surface area (Å²) in [4.78, 5) is 28.5. The zero-order valence-corrected chi connectivity index (χ0v) is 18.3. The van der Waals surface area contributed by atoms with Gasteiger partial charge in [-0.1, -0.05) is 11.8 Å². The Bertz CT molecular complexity index is 913. The molecule has 1 N–H and O–H groups in total. The first-order chi connectivity index (χ1) is 14.5. The number of nitrogens with zero attached hydrogens (tertiary/aromatic N) is 5. The molecule has 0 spiro atoms. The molecule has 3 rings (SSSR count). The molecular weight excluding hydrogens is 400 g/mol. The van der Waals surface area contributed by atoms with E-state index < -0.39 is 0 Å². The van der Waals surface area contributed by atoms with E-state index in [1.807, 2.05) is 30.3 Å². The molecule has 1 aliphatic rings. The van der Waals surface area contributed by atoms with Crippen molar-refractivity contribution in [2.24, 2.45) is 0 Å². The van der Waals surface area contributed by atoms with Crippen molar-refractivity contribution in [3.05, 3.63) is 47.4 Å². The topological polar surface area (TPSA) is 75.0 Å². The molecule has 2 heterocycles. The van der Waals surface area contributed by atoms with Gasteiger partial charge in [0.1, 0.15) is 5.82 Å². The van der Waals surface area contributed by atoms with Gasteiger partial charge in [-0.3, -0.25) is 0 Å². The molecule has 2 aromatic rings. The summed E-state index contributed by atoms with van der Waals surface area (Å²) in [6.45, 7) is 11.2. The van der Waals surface area contributed by atoms with E-state index in [0.717, 1.165) is 23.6 Å². The van der Waals surface area contributed by atoms with Crippen molar-refractivity contribution in [1.29, 1.82) is 0 Å². The molecule has 1 saturated heterocycles. The maximum atomic E-state index is 11.8. The molecule has 30 heavy (non-hydrogen) atoms. The molecular formula is C21H26N6O2S. The molecule has 0 aliphatic carbocycles. The number of rotatable bonds is 6. The van der Waals surface area contributed by atoms with Crippen LogP contribution in [0.3, 0.4) is 0 Å². The third kappa shape index (κ3) is 5.62. The molecule has 1 aliphatic heterocycles. The number of hydrogen-bond acceptors (Lipinski definition) is 6. The van der Waals surface area contributed by atoms with Gasteiger partial charge < -0.3 is 24.7 Å². The minimum Gasteiger partial charge on any atom is -0.377 e. The Balaban J connectivity index is 1.88. The molecule has 0 saturated carbocycles. The Hall–Kier alpha value is -2.83. The number of amides is 2. The van der Waals surface area contributed by atoms with E-state index in [4.69, 9.17) is 21.3 Å². The smallest absolute Gasteiger partial charge is 0.321 e. The van der Waals surface area contributed by atoms with E-state index in [0.29, 0.717) is 36.4 Å². The summed E-state index contributed by atoms with van der Waals surface area (Å²) in [5.74, 6) is 2.57. The second-order valence-electron chi connectivity index (χ2n) is 7.20. The highest BCUT2D eigenvalue weighted by atomic mass is 32.2. The predicted molar refractivity (Wildman–Crippen MR) is 121 cm³/mol. The summed E-state index contributed by atoms with van der Waals surface area (Å²) in [7, 11) is 3.40. The SMILES string of the molecule is [C-]#[N+]CSCc1cc(N2CCOC[C@@H]2C)nc(-c2ccc(NC(=O)N(C)C)cc2)n1. The minimum atomic E-state index is -0.179. The van der Waals surface area contributed by atoms with Gasteiger partial charge in [-0.05, 0) is 31.2 Å². The normalized spacial score (nSPS) is 16.1. The second-order valence-corrected chi connectivity index (χ2v) is 8.15. The van der Waals surface area contributed by atoms with E-state index in [1.165, 1.54) is 16.7 Å². The maximum Gasteiger partial charge on any atom is 0.321 e. The number of aromatic nitrogens is 2. The van der Waals surface area contributed by atoms with Crippen LogP contribution < -0.4 is 10.2 Å². The van der Waals surface area contributed by atoms with Gasteiger partial charge in [-0.15, -0.1) is 0 Å². The standard InChI is InChI=1S/C21H26N6O2S/c1-15-12-29-10-9-27(15)19-11-18(13-30-14-22-2)23-20(25-19)16-5-7-17(8-6-16)24-21(28)26(3)4/h5-8,11,15H,9-10,12-14H2,1,3-4H3,(H,24,28)/t15-/m0/s1. The van der Waals surface area contributed by atoms with Gasteiger partial charge >= 0.3 is 6.03 Å². The Morgan fingerprint density at radius 1 is 1.37 bits per heavy atom. The lowest BCUT2D eigenvalue weighted by Crippen LogP contribution is -2.44. The molecule has 0 bridgehead atoms. The van der Waals surface area contributed by atoms with E-state index in [2.05, 4.69) is 22.0 Å². The van der Waals surface area contributed by atoms with Crippen molar-refractivity contribution >= 4 is 29.3 Å². The van der Waals surface area contributed by atoms with Crippen LogP contribution in [0.4, 0.5) is 16.3 Å². The monoisotopic (exact) mass is 426 g/mol. The van der Waals surface area contributed by atoms with Crippen molar-refractivity contribution in [2.45, 2.75) is 18.7 Å². The maximum absolute atomic E-state index is 11.8. The molecule has 1 fully saturated rings. The third-order valence-electron chi connectivity index (χ3n) is 4.63. The van der Waals surface area contributed by atoms with Crippen LogP contribution in [-0.2, 0) is 10.5 Å². The lowest BCUT2D eigenvalue weighted by molar-refractivity contribution is 0.0985. The van der Waals surface area contributed by atoms with Gasteiger partial charge in [0.15, 0.2) is 5.82 Å². The van der Waals surface area contributed by atoms with E-state index in [9.17, 15) is 4.79 Å². The molecule has 1 aromatic heterocycles. The lowest BCUT2D eigenvalue weighted by atomic mass is 10.2. The number of ether oxygens (including phenoxy) is 1. The van der Waals surface area contributed by atoms with Gasteiger partial charge in [0.2, 0.25) is 0 Å². The average Bonchev–Trinajstić information content (AvgIpc) is 2.74. The van der Waals surface area contributed by atoms with Crippen LogP contribution in [0.25, 0.3) is 16.2 Å². The number of anilines is 2. The summed E-state index contributed by atoms with van der Waals surface area (Å²) in [5.41, 5.74) is 2.48. The van der Waals surface area contributed by atoms with Gasteiger partial charge in [0.25, 0.3) is 5.88 Å². The van der Waals surface area contributed by atoms with Crippen molar-refractivity contribution in [1.82, 2.24) is 14.9 Å². The average molecular weight is 427 g/mol. The van der Waals surface area contributed by atoms with Crippen LogP contribution in [0, 0.1) is 6.57 Å². The van der Waals surface area contributed by atoms with E-state index in [1.54, 1.807) is 14.1 Å². The fraction of sp³-hybridized carbons (Fsp3) is 0.429. The number of thioether (sulfide) groups is 1. The van der Waals surface area contributed by atoms with Crippen LogP contribution in [0.15, 0.2) is 30.3 Å². The first-order valence-corrected chi connectivity index (χ1v) is 10.9. The quantitative estimate of drug-likeness (QED) is 0.562. The van der Waals surface area contributed by atoms with Gasteiger partial charge in [0.05, 0.1) is 24.9 Å². The molecule has 1 aromatic carbocycles. The van der Waals surface area contributed by atoms with Gasteiger partial charge in [-0.25, -0.2) is 21.3 Å². The number of hydrogen-bond donors (Lipinski definition) is 1. The highest BCUT2D eigenvalue weighted by molar-refractivity contribution is 7.98. The number of urea groups is 1. The third-order valence-corrected chi connectivity index (χ3v) is 5.45. The lowest BCUT2D eigenvalue weighted by Gasteiger charge is -2.34. The molecule has 8 nitrogen and oxygen atoms in total. The minimum absolute atomic E-state index is 0.179. The zero-order chi connectivity index (χ0) is 21.5. The molecule has 9 heteroatoms. The van der Waals surface area contributed by atoms with E-state index >= 15 is 0 Å². The Morgan fingerprint density at radius 2 is 2.13 bits per heavy atom. The van der Waals surface area contributed by atoms with Crippen LogP contribution >= 0.6 is 11.8 Å². The van der Waals surface area contributed by atoms with Crippen LogP contribution in [0.5, 0.6) is 0 Å². The van der Waals surface area contributed by atoms with Crippen molar-refractivity contribution in [3.63, 3.8) is 0 Å². The number of carbonyl (C=O) groups is 1. The summed E-state index contributed by atoms with van der Waals surface area (Å²) in [6.07, 6.45) is 0. The van der Waals surface area contributed by atoms with Gasteiger partial charge in [-0.2, -0.15) is 0 Å². The number of benzene rings is 1. The molecule has 1 atom stereocenters. The highest BCUT2D eigenvalue weighted by Gasteiger charge is 2.22. The van der Waals surface area contributed by atoms with Gasteiger partial charge in [0, 0.05) is 43.7 Å². The molecule has 0 radical (unpaired) electrons. The zero-order valence-electron chi connectivity index (χ0n) is 17.5. The van der Waals surface area contributed by atoms with Crippen LogP contribution in [-0.4, -0.2) is 66.7 Å². The fourth-order valence-corrected chi connectivity index (χ4v) is 3.57. The number of carbonyl (C=O) groups excluding carboxylic acids is 1. The number of morpholine rings is 1. The fourth-order valence-electron chi connectivity index (χ4n) is 3.03. The van der Waals surface area contributed by atoms with Crippen molar-refractivity contribution in [3.8, 4) is 11.4 Å². The first kappa shape index (κ1) is 21.9. The molecule has 0 unspecified atom stereocenters. The van der Waals surface area contributed by atoms with Crippen molar-refractivity contribution in [2.75, 3.05) is 49.9 Å². The van der Waals surface area contributed by atoms with Crippen molar-refractivity contribution < 1.29 is 9.53 Å².